The minimum Gasteiger partial charge on any atom is -0.462 e. The third-order valence-electron chi connectivity index (χ3n) is 1.21. The lowest BCUT2D eigenvalue weighted by molar-refractivity contribution is -0.138. The number of hydrogen-bond donors (Lipinski definition) is 0. The van der Waals surface area contributed by atoms with Gasteiger partial charge in [-0.2, -0.15) is 0 Å². The summed E-state index contributed by atoms with van der Waals surface area (Å²) in [4.78, 5) is 13.6. The van der Waals surface area contributed by atoms with Crippen LogP contribution in [0.3, 0.4) is 0 Å². The number of pyridine rings is 1. The molecule has 0 radical (unpaired) electrons. The van der Waals surface area contributed by atoms with Crippen LogP contribution in [0.15, 0.2) is 24.4 Å². The highest BCUT2D eigenvalue weighted by Gasteiger charge is 2.07. The first-order chi connectivity index (χ1) is 6.45. The van der Waals surface area contributed by atoms with Crippen molar-refractivity contribution in [3.8, 4) is 0 Å². The van der Waals surface area contributed by atoms with Crippen LogP contribution in [0, 0.1) is 6.92 Å². The molecule has 0 fully saturated rings. The number of ether oxygens (including phenoxy) is 1. The normalized spacial score (nSPS) is 9.71. The topological polar surface area (TPSA) is 39.2 Å². The molecule has 0 amide bonds. The van der Waals surface area contributed by atoms with Crippen molar-refractivity contribution >= 4 is 6.47 Å². The molecule has 1 rings (SSSR count). The molecular formula is C11H19NO2. The molecule has 0 atom stereocenters. The van der Waals surface area contributed by atoms with Crippen LogP contribution >= 0.6 is 0 Å². The second-order valence-electron chi connectivity index (χ2n) is 3.80. The maximum absolute atomic E-state index is 9.60. The average molecular weight is 198 g/mol. The molecule has 1 aromatic rings. The largest absolute Gasteiger partial charge is 0.462 e. The zero-order valence-corrected chi connectivity index (χ0v) is 9.15. The Morgan fingerprint density at radius 1 is 1.43 bits per heavy atom. The second-order valence-corrected chi connectivity index (χ2v) is 3.80. The van der Waals surface area contributed by atoms with Gasteiger partial charge in [0.25, 0.3) is 6.47 Å². The van der Waals surface area contributed by atoms with E-state index in [2.05, 4.69) is 9.72 Å². The van der Waals surface area contributed by atoms with Gasteiger partial charge in [-0.15, -0.1) is 0 Å². The van der Waals surface area contributed by atoms with Crippen molar-refractivity contribution in [2.45, 2.75) is 33.3 Å². The van der Waals surface area contributed by atoms with E-state index in [1.807, 2.05) is 45.9 Å². The molecule has 0 bridgehead atoms. The van der Waals surface area contributed by atoms with Crippen molar-refractivity contribution in [1.29, 1.82) is 0 Å². The first-order valence-corrected chi connectivity index (χ1v) is 4.45. The summed E-state index contributed by atoms with van der Waals surface area (Å²) >= 11 is 0. The summed E-state index contributed by atoms with van der Waals surface area (Å²) in [5.41, 5.74) is 0.754. The fourth-order valence-corrected chi connectivity index (χ4v) is 0.592. The van der Waals surface area contributed by atoms with Gasteiger partial charge in [0.15, 0.2) is 0 Å². The van der Waals surface area contributed by atoms with E-state index in [0.29, 0.717) is 6.47 Å². The predicted octanol–water partition coefficient (Wildman–Crippen LogP) is 2.59. The van der Waals surface area contributed by atoms with Crippen molar-refractivity contribution in [1.82, 2.24) is 4.98 Å². The van der Waals surface area contributed by atoms with Gasteiger partial charge in [-0.1, -0.05) is 6.07 Å². The highest BCUT2D eigenvalue weighted by atomic mass is 16.5. The minimum atomic E-state index is -0.318. The third kappa shape index (κ3) is 8.71. The van der Waals surface area contributed by atoms with E-state index in [1.54, 1.807) is 6.20 Å². The number of rotatable bonds is 1. The van der Waals surface area contributed by atoms with Crippen molar-refractivity contribution in [3.05, 3.63) is 30.1 Å². The minimum absolute atomic E-state index is 0. The highest BCUT2D eigenvalue weighted by molar-refractivity contribution is 5.37. The summed E-state index contributed by atoms with van der Waals surface area (Å²) < 4.78 is 4.55. The summed E-state index contributed by atoms with van der Waals surface area (Å²) in [5.74, 6) is 0. The van der Waals surface area contributed by atoms with Gasteiger partial charge in [0.1, 0.15) is 5.60 Å². The summed E-state index contributed by atoms with van der Waals surface area (Å²) in [6, 6.07) is 5.86. The fraction of sp³-hybridized carbons (Fsp3) is 0.455. The van der Waals surface area contributed by atoms with Crippen LogP contribution in [0.25, 0.3) is 0 Å². The Balaban J connectivity index is 0. The van der Waals surface area contributed by atoms with Gasteiger partial charge >= 0.3 is 0 Å². The summed E-state index contributed by atoms with van der Waals surface area (Å²) in [7, 11) is 0. The van der Waals surface area contributed by atoms with Crippen molar-refractivity contribution < 1.29 is 11.0 Å². The maximum atomic E-state index is 9.60. The second kappa shape index (κ2) is 6.13. The Kier molecular flexibility index (Phi) is 5.53. The average Bonchev–Trinajstić information content (AvgIpc) is 2.04. The number of nitrogens with zero attached hydrogens (tertiary/aromatic N) is 1. The van der Waals surface area contributed by atoms with E-state index >= 15 is 0 Å². The molecule has 0 aliphatic rings. The van der Waals surface area contributed by atoms with Gasteiger partial charge in [0.05, 0.1) is 0 Å². The van der Waals surface area contributed by atoms with E-state index in [1.165, 1.54) is 0 Å². The van der Waals surface area contributed by atoms with Gasteiger partial charge < -0.3 is 4.74 Å². The van der Waals surface area contributed by atoms with Crippen molar-refractivity contribution in [2.75, 3.05) is 0 Å². The molecule has 0 N–H and O–H groups in total. The number of carbonyl (C=O) groups excluding carboxylic acids is 1. The van der Waals surface area contributed by atoms with E-state index in [0.717, 1.165) is 5.69 Å². The molecule has 1 heterocycles. The Morgan fingerprint density at radius 2 is 2.07 bits per heavy atom. The molecular weight excluding hydrogens is 178 g/mol. The fourth-order valence-electron chi connectivity index (χ4n) is 0.592. The molecule has 3 nitrogen and oxygen atoms in total. The van der Waals surface area contributed by atoms with Crippen LogP contribution in [0.1, 0.15) is 27.9 Å². The molecule has 1 aromatic heterocycles. The number of hydrogen-bond acceptors (Lipinski definition) is 3. The Hall–Kier alpha value is -1.38. The summed E-state index contributed by atoms with van der Waals surface area (Å²) in [6.45, 7) is 7.89. The Bertz CT molecular complexity index is 257. The van der Waals surface area contributed by atoms with E-state index in [9.17, 15) is 4.79 Å². The third-order valence-corrected chi connectivity index (χ3v) is 1.21. The van der Waals surface area contributed by atoms with E-state index < -0.39 is 0 Å². The van der Waals surface area contributed by atoms with Crippen molar-refractivity contribution in [3.63, 3.8) is 0 Å². The highest BCUT2D eigenvalue weighted by Crippen LogP contribution is 2.02. The van der Waals surface area contributed by atoms with Crippen LogP contribution in [0.4, 0.5) is 0 Å². The van der Waals surface area contributed by atoms with Crippen LogP contribution < -0.4 is 0 Å². The van der Waals surface area contributed by atoms with Crippen LogP contribution in [-0.2, 0) is 9.53 Å². The van der Waals surface area contributed by atoms with Gasteiger partial charge in [0.2, 0.25) is 0 Å². The Labute approximate surface area is 86.6 Å². The molecule has 80 valence electrons. The molecule has 0 spiro atoms. The molecule has 0 aliphatic carbocycles. The number of carbonyl (C=O) groups is 1. The first kappa shape index (κ1) is 12.6. The molecule has 0 aromatic carbocycles. The summed E-state index contributed by atoms with van der Waals surface area (Å²) in [6.07, 6.45) is 1.79. The standard InChI is InChI=1S/C6H7N.C5H10O2.H2/c1-6-4-2-3-5-7-6;1-5(2,3)7-4-6;/h2-5H,1H3;4H,1-3H3;1H/i;;1+1. The van der Waals surface area contributed by atoms with Gasteiger partial charge in [0, 0.05) is 13.3 Å². The summed E-state index contributed by atoms with van der Waals surface area (Å²) in [5, 5.41) is 0. The smallest absolute Gasteiger partial charge is 0.293 e. The molecule has 0 unspecified atom stereocenters. The Morgan fingerprint density at radius 3 is 2.21 bits per heavy atom. The maximum Gasteiger partial charge on any atom is 0.293 e. The first-order valence-electron chi connectivity index (χ1n) is 4.45. The predicted molar refractivity (Wildman–Crippen MR) is 58.0 cm³/mol. The lowest BCUT2D eigenvalue weighted by atomic mass is 10.2. The van der Waals surface area contributed by atoms with Crippen LogP contribution in [0.2, 0.25) is 0 Å². The van der Waals surface area contributed by atoms with Crippen LogP contribution in [-0.4, -0.2) is 17.1 Å². The van der Waals surface area contributed by atoms with Crippen molar-refractivity contribution in [2.24, 2.45) is 0 Å². The zero-order valence-electron chi connectivity index (χ0n) is 9.15. The SMILES string of the molecule is CC(C)(C)OC=O.Cc1ccccn1.[2HH]. The lowest BCUT2D eigenvalue weighted by Gasteiger charge is -2.14. The van der Waals surface area contributed by atoms with Gasteiger partial charge in [-0.05, 0) is 39.8 Å². The van der Waals surface area contributed by atoms with Gasteiger partial charge in [-0.3, -0.25) is 9.78 Å². The molecule has 3 heteroatoms. The monoisotopic (exact) mass is 198 g/mol. The van der Waals surface area contributed by atoms with Crippen LogP contribution in [0.5, 0.6) is 0 Å². The number of aryl methyl sites for hydroxylation is 1. The number of aromatic nitrogens is 1. The quantitative estimate of drug-likeness (QED) is 0.651. The van der Waals surface area contributed by atoms with E-state index in [4.69, 9.17) is 0 Å². The molecule has 0 saturated carbocycles. The molecule has 0 aliphatic heterocycles. The van der Waals surface area contributed by atoms with E-state index in [-0.39, 0.29) is 7.03 Å². The van der Waals surface area contributed by atoms with Gasteiger partial charge in [-0.25, -0.2) is 0 Å². The molecule has 14 heavy (non-hydrogen) atoms. The lowest BCUT2D eigenvalue weighted by Crippen LogP contribution is -2.17. The molecule has 0 saturated heterocycles. The zero-order chi connectivity index (χ0) is 11.0.